The number of nitrogens with zero attached hydrogens (tertiary/aromatic N) is 1. The van der Waals surface area contributed by atoms with Gasteiger partial charge >= 0.3 is 0 Å². The number of sulfonamides is 1. The Bertz CT molecular complexity index is 510. The van der Waals surface area contributed by atoms with E-state index in [2.05, 4.69) is 23.6 Å². The van der Waals surface area contributed by atoms with Crippen LogP contribution in [0.2, 0.25) is 0 Å². The van der Waals surface area contributed by atoms with Gasteiger partial charge in [0, 0.05) is 6.54 Å². The second-order valence-corrected chi connectivity index (χ2v) is 8.41. The van der Waals surface area contributed by atoms with Crippen molar-refractivity contribution in [3.8, 4) is 0 Å². The molecule has 7 heteroatoms. The number of aromatic nitrogens is 1. The minimum Gasteiger partial charge on any atom is -0.375 e. The summed E-state index contributed by atoms with van der Waals surface area (Å²) in [5.41, 5.74) is 5.99. The van der Waals surface area contributed by atoms with Crippen LogP contribution in [0.15, 0.2) is 4.21 Å². The van der Waals surface area contributed by atoms with Crippen molar-refractivity contribution < 1.29 is 8.42 Å². The Kier molecular flexibility index (Phi) is 6.91. The number of nitrogen functional groups attached to an aromatic ring is 1. The molecule has 3 N–H and O–H groups in total. The number of anilines is 1. The third kappa shape index (κ3) is 5.76. The van der Waals surface area contributed by atoms with Crippen molar-refractivity contribution in [2.75, 3.05) is 12.3 Å². The molecule has 1 aromatic heterocycles. The molecule has 0 unspecified atom stereocenters. The molecule has 116 valence electrons. The van der Waals surface area contributed by atoms with Gasteiger partial charge in [0.25, 0.3) is 10.0 Å². The molecule has 0 bridgehead atoms. The van der Waals surface area contributed by atoms with E-state index in [1.165, 1.54) is 12.8 Å². The highest BCUT2D eigenvalue weighted by atomic mass is 32.2. The molecular weight excluding hydrogens is 294 g/mol. The van der Waals surface area contributed by atoms with Crippen molar-refractivity contribution in [3.05, 3.63) is 5.69 Å². The van der Waals surface area contributed by atoms with Crippen molar-refractivity contribution in [3.63, 3.8) is 0 Å². The lowest BCUT2D eigenvalue weighted by Crippen LogP contribution is -2.24. The van der Waals surface area contributed by atoms with E-state index in [1.54, 1.807) is 6.92 Å². The molecule has 0 atom stereocenters. The van der Waals surface area contributed by atoms with E-state index in [0.29, 0.717) is 12.2 Å². The van der Waals surface area contributed by atoms with Crippen LogP contribution in [0.25, 0.3) is 0 Å². The molecule has 20 heavy (non-hydrogen) atoms. The summed E-state index contributed by atoms with van der Waals surface area (Å²) in [5, 5.41) is 0.288. The highest BCUT2D eigenvalue weighted by Gasteiger charge is 2.20. The minimum atomic E-state index is -3.45. The molecule has 0 saturated heterocycles. The molecule has 0 fully saturated rings. The van der Waals surface area contributed by atoms with Crippen molar-refractivity contribution in [1.29, 1.82) is 0 Å². The Balaban J connectivity index is 2.29. The van der Waals surface area contributed by atoms with Gasteiger partial charge in [0.15, 0.2) is 9.34 Å². The molecule has 0 aromatic carbocycles. The first kappa shape index (κ1) is 17.4. The predicted molar refractivity (Wildman–Crippen MR) is 84.4 cm³/mol. The van der Waals surface area contributed by atoms with Gasteiger partial charge < -0.3 is 5.73 Å². The maximum Gasteiger partial charge on any atom is 0.252 e. The lowest BCUT2D eigenvalue weighted by molar-refractivity contribution is 0.517. The molecule has 1 heterocycles. The first-order chi connectivity index (χ1) is 9.33. The summed E-state index contributed by atoms with van der Waals surface area (Å²) in [4.78, 5) is 3.94. The quantitative estimate of drug-likeness (QED) is 0.685. The number of unbranched alkanes of at least 4 members (excludes halogenated alkanes) is 3. The van der Waals surface area contributed by atoms with Crippen LogP contribution in [0.1, 0.15) is 51.6 Å². The van der Waals surface area contributed by atoms with Crippen LogP contribution in [0.3, 0.4) is 0 Å². The molecule has 0 aliphatic heterocycles. The normalized spacial score (nSPS) is 12.2. The van der Waals surface area contributed by atoms with Crippen molar-refractivity contribution in [2.45, 2.75) is 57.1 Å². The summed E-state index contributed by atoms with van der Waals surface area (Å²) < 4.78 is 26.9. The molecule has 0 amide bonds. The van der Waals surface area contributed by atoms with Crippen LogP contribution >= 0.6 is 11.3 Å². The van der Waals surface area contributed by atoms with E-state index in [0.717, 1.165) is 36.5 Å². The molecule has 0 aliphatic rings. The molecule has 5 nitrogen and oxygen atoms in total. The van der Waals surface area contributed by atoms with Crippen molar-refractivity contribution in [2.24, 2.45) is 5.92 Å². The first-order valence-corrected chi connectivity index (χ1v) is 9.35. The zero-order valence-corrected chi connectivity index (χ0v) is 14.1. The van der Waals surface area contributed by atoms with Crippen LogP contribution in [0, 0.1) is 12.8 Å². The van der Waals surface area contributed by atoms with Gasteiger partial charge in [-0.15, -0.1) is 0 Å². The maximum absolute atomic E-state index is 12.0. The van der Waals surface area contributed by atoms with Crippen LogP contribution in [0.5, 0.6) is 0 Å². The van der Waals surface area contributed by atoms with Crippen LogP contribution in [-0.2, 0) is 10.0 Å². The molecular formula is C13H25N3O2S2. The van der Waals surface area contributed by atoms with E-state index in [-0.39, 0.29) is 9.34 Å². The highest BCUT2D eigenvalue weighted by Crippen LogP contribution is 2.24. The summed E-state index contributed by atoms with van der Waals surface area (Å²) in [7, 11) is -3.45. The Morgan fingerprint density at radius 1 is 1.25 bits per heavy atom. The summed E-state index contributed by atoms with van der Waals surface area (Å²) in [6.07, 6.45) is 5.54. The summed E-state index contributed by atoms with van der Waals surface area (Å²) in [6, 6.07) is 0. The van der Waals surface area contributed by atoms with Gasteiger partial charge in [0.2, 0.25) is 0 Å². The van der Waals surface area contributed by atoms with E-state index >= 15 is 0 Å². The number of nitrogens with one attached hydrogen (secondary N) is 1. The lowest BCUT2D eigenvalue weighted by Gasteiger charge is -2.06. The predicted octanol–water partition coefficient (Wildman–Crippen LogP) is 2.92. The molecule has 1 aromatic rings. The SMILES string of the molecule is Cc1nc(N)sc1S(=O)(=O)NCCCCCCC(C)C. The Hall–Kier alpha value is -0.660. The third-order valence-corrected chi connectivity index (χ3v) is 6.07. The third-order valence-electron chi connectivity index (χ3n) is 3.01. The fourth-order valence-corrected chi connectivity index (χ4v) is 4.37. The van der Waals surface area contributed by atoms with Gasteiger partial charge in [-0.2, -0.15) is 0 Å². The average Bonchev–Trinajstić information content (AvgIpc) is 2.67. The maximum atomic E-state index is 12.0. The Morgan fingerprint density at radius 2 is 1.90 bits per heavy atom. The molecule has 0 spiro atoms. The number of hydrogen-bond donors (Lipinski definition) is 2. The van der Waals surface area contributed by atoms with Crippen LogP contribution in [-0.4, -0.2) is 19.9 Å². The number of rotatable bonds is 9. The first-order valence-electron chi connectivity index (χ1n) is 7.05. The van der Waals surface area contributed by atoms with Gasteiger partial charge in [-0.05, 0) is 19.3 Å². The van der Waals surface area contributed by atoms with E-state index in [1.807, 2.05) is 0 Å². The van der Waals surface area contributed by atoms with Crippen molar-refractivity contribution in [1.82, 2.24) is 9.71 Å². The summed E-state index contributed by atoms with van der Waals surface area (Å²) in [5.74, 6) is 0.744. The number of nitrogens with two attached hydrogens (primary N) is 1. The summed E-state index contributed by atoms with van der Waals surface area (Å²) >= 11 is 1.01. The highest BCUT2D eigenvalue weighted by molar-refractivity contribution is 7.91. The second kappa shape index (κ2) is 7.95. The topological polar surface area (TPSA) is 85.1 Å². The Labute approximate surface area is 126 Å². The van der Waals surface area contributed by atoms with Gasteiger partial charge in [-0.3, -0.25) is 0 Å². The molecule has 0 radical (unpaired) electrons. The fourth-order valence-electron chi connectivity index (χ4n) is 1.96. The number of aryl methyl sites for hydroxylation is 1. The van der Waals surface area contributed by atoms with Crippen molar-refractivity contribution >= 4 is 26.5 Å². The molecule has 1 rings (SSSR count). The monoisotopic (exact) mass is 319 g/mol. The van der Waals surface area contributed by atoms with E-state index in [9.17, 15) is 8.42 Å². The second-order valence-electron chi connectivity index (χ2n) is 5.42. The van der Waals surface area contributed by atoms with Crippen LogP contribution in [0.4, 0.5) is 5.13 Å². The number of hydrogen-bond acceptors (Lipinski definition) is 5. The Morgan fingerprint density at radius 3 is 2.45 bits per heavy atom. The van der Waals surface area contributed by atoms with Gasteiger partial charge in [0.05, 0.1) is 5.69 Å². The van der Waals surface area contributed by atoms with E-state index in [4.69, 9.17) is 5.73 Å². The van der Waals surface area contributed by atoms with Gasteiger partial charge in [-0.25, -0.2) is 18.1 Å². The van der Waals surface area contributed by atoms with Crippen LogP contribution < -0.4 is 10.5 Å². The fraction of sp³-hybridized carbons (Fsp3) is 0.769. The average molecular weight is 319 g/mol. The smallest absolute Gasteiger partial charge is 0.252 e. The standard InChI is InChI=1S/C13H25N3O2S2/c1-10(2)8-6-4-5-7-9-15-20(17,18)12-11(3)16-13(14)19-12/h10,15H,4-9H2,1-3H3,(H2,14,16). The minimum absolute atomic E-state index is 0.231. The lowest BCUT2D eigenvalue weighted by atomic mass is 10.0. The molecule has 0 saturated carbocycles. The van der Waals surface area contributed by atoms with E-state index < -0.39 is 10.0 Å². The van der Waals surface area contributed by atoms with Gasteiger partial charge in [-0.1, -0.05) is 50.9 Å². The van der Waals surface area contributed by atoms with Gasteiger partial charge in [0.1, 0.15) is 0 Å². The molecule has 0 aliphatic carbocycles. The zero-order valence-electron chi connectivity index (χ0n) is 12.5. The number of thiazole rings is 1. The largest absolute Gasteiger partial charge is 0.375 e. The zero-order chi connectivity index (χ0) is 15.2. The summed E-state index contributed by atoms with van der Waals surface area (Å²) in [6.45, 7) is 6.57.